The molecule has 3 rings (SSSR count). The predicted molar refractivity (Wildman–Crippen MR) is 65.3 cm³/mol. The molecule has 0 saturated carbocycles. The lowest BCUT2D eigenvalue weighted by atomic mass is 9.73. The molecule has 72 valence electrons. The Balaban J connectivity index is 2.17. The average Bonchev–Trinajstić information content (AvgIpc) is 2.26. The number of rotatable bonds is 1. The Morgan fingerprint density at radius 2 is 1.93 bits per heavy atom. The average molecular weight is 192 g/mol. The van der Waals surface area contributed by atoms with Crippen LogP contribution in [0.1, 0.15) is 17.5 Å². The lowest BCUT2D eigenvalue weighted by molar-refractivity contribution is 1.25. The second kappa shape index (κ2) is 3.09. The van der Waals surface area contributed by atoms with Gasteiger partial charge >= 0.3 is 0 Å². The van der Waals surface area contributed by atoms with Gasteiger partial charge in [0.2, 0.25) is 0 Å². The van der Waals surface area contributed by atoms with E-state index >= 15 is 0 Å². The van der Waals surface area contributed by atoms with Crippen molar-refractivity contribution in [1.29, 1.82) is 0 Å². The molecule has 0 aromatic heterocycles. The molecule has 0 unspecified atom stereocenters. The molecule has 0 spiro atoms. The molecular formula is C15H12. The molecule has 0 heterocycles. The van der Waals surface area contributed by atoms with Crippen LogP contribution in [-0.2, 0) is 0 Å². The van der Waals surface area contributed by atoms with Crippen molar-refractivity contribution in [2.24, 2.45) is 0 Å². The third-order valence-electron chi connectivity index (χ3n) is 3.02. The first kappa shape index (κ1) is 8.49. The monoisotopic (exact) mass is 192 g/mol. The van der Waals surface area contributed by atoms with Gasteiger partial charge in [0, 0.05) is 0 Å². The number of benzene rings is 1. The van der Waals surface area contributed by atoms with Gasteiger partial charge in [-0.25, -0.2) is 0 Å². The number of allylic oxidation sites excluding steroid dienone is 7. The van der Waals surface area contributed by atoms with E-state index in [4.69, 9.17) is 0 Å². The van der Waals surface area contributed by atoms with Gasteiger partial charge in [0.15, 0.2) is 0 Å². The van der Waals surface area contributed by atoms with Crippen molar-refractivity contribution < 1.29 is 0 Å². The minimum Gasteiger partial charge on any atom is -0.0991 e. The number of fused-ring (bicyclic) bond motifs is 3. The third-order valence-corrected chi connectivity index (χ3v) is 3.02. The van der Waals surface area contributed by atoms with E-state index in [1.54, 1.807) is 0 Å². The molecule has 0 aliphatic heterocycles. The fourth-order valence-corrected chi connectivity index (χ4v) is 2.37. The van der Waals surface area contributed by atoms with Crippen molar-refractivity contribution in [2.75, 3.05) is 0 Å². The zero-order chi connectivity index (χ0) is 10.3. The van der Waals surface area contributed by atoms with Crippen LogP contribution in [-0.4, -0.2) is 0 Å². The third kappa shape index (κ3) is 1.08. The first-order valence-corrected chi connectivity index (χ1v) is 5.24. The Bertz CT molecular complexity index is 525. The first-order chi connectivity index (χ1) is 7.42. The van der Waals surface area contributed by atoms with Crippen molar-refractivity contribution >= 4 is 11.1 Å². The van der Waals surface area contributed by atoms with Gasteiger partial charge in [-0.05, 0) is 34.3 Å². The zero-order valence-electron chi connectivity index (χ0n) is 8.53. The molecule has 0 nitrogen and oxygen atoms in total. The van der Waals surface area contributed by atoms with E-state index in [2.05, 4.69) is 49.1 Å². The Hall–Kier alpha value is -1.82. The molecule has 15 heavy (non-hydrogen) atoms. The quantitative estimate of drug-likeness (QED) is 0.631. The van der Waals surface area contributed by atoms with E-state index in [0.29, 0.717) is 0 Å². The maximum Gasteiger partial charge on any atom is -0.00638 e. The molecule has 0 heteroatoms. The van der Waals surface area contributed by atoms with E-state index in [0.717, 1.165) is 6.42 Å². The van der Waals surface area contributed by atoms with Crippen molar-refractivity contribution in [3.05, 3.63) is 71.8 Å². The lowest BCUT2D eigenvalue weighted by Crippen LogP contribution is -2.09. The summed E-state index contributed by atoms with van der Waals surface area (Å²) in [7, 11) is 0. The number of hydrogen-bond donors (Lipinski definition) is 0. The predicted octanol–water partition coefficient (Wildman–Crippen LogP) is 3.98. The molecule has 1 aromatic rings. The molecule has 0 amide bonds. The zero-order valence-corrected chi connectivity index (χ0v) is 8.53. The topological polar surface area (TPSA) is 0 Å². The van der Waals surface area contributed by atoms with Gasteiger partial charge in [-0.15, -0.1) is 0 Å². The summed E-state index contributed by atoms with van der Waals surface area (Å²) in [6.45, 7) is 3.77. The maximum atomic E-state index is 3.77. The molecule has 0 saturated heterocycles. The van der Waals surface area contributed by atoms with Crippen LogP contribution in [0.15, 0.2) is 60.7 Å². The molecule has 0 bridgehead atoms. The van der Waals surface area contributed by atoms with Crippen LogP contribution in [0, 0.1) is 0 Å². The van der Waals surface area contributed by atoms with Gasteiger partial charge in [-0.3, -0.25) is 0 Å². The highest BCUT2D eigenvalue weighted by Gasteiger charge is 2.27. The summed E-state index contributed by atoms with van der Waals surface area (Å²) in [5.41, 5.74) is 6.99. The maximum absolute atomic E-state index is 3.77. The highest BCUT2D eigenvalue weighted by atomic mass is 14.3. The van der Waals surface area contributed by atoms with Gasteiger partial charge in [0.05, 0.1) is 0 Å². The van der Waals surface area contributed by atoms with Crippen LogP contribution in [0.5, 0.6) is 0 Å². The second-order valence-electron chi connectivity index (χ2n) is 3.87. The van der Waals surface area contributed by atoms with Crippen LogP contribution in [0.2, 0.25) is 0 Å². The lowest BCUT2D eigenvalue weighted by Gasteiger charge is -2.30. The van der Waals surface area contributed by atoms with Gasteiger partial charge < -0.3 is 0 Å². The summed E-state index contributed by atoms with van der Waals surface area (Å²) < 4.78 is 0. The highest BCUT2D eigenvalue weighted by molar-refractivity contribution is 6.14. The summed E-state index contributed by atoms with van der Waals surface area (Å²) in [5.74, 6) is 0. The van der Waals surface area contributed by atoms with Crippen LogP contribution in [0.3, 0.4) is 0 Å². The molecule has 0 N–H and O–H groups in total. The summed E-state index contributed by atoms with van der Waals surface area (Å²) in [6, 6.07) is 8.59. The van der Waals surface area contributed by atoms with Crippen LogP contribution in [0.25, 0.3) is 11.1 Å². The second-order valence-corrected chi connectivity index (χ2v) is 3.87. The summed E-state index contributed by atoms with van der Waals surface area (Å²) in [6.07, 6.45) is 9.48. The van der Waals surface area contributed by atoms with Crippen molar-refractivity contribution in [2.45, 2.75) is 6.42 Å². The summed E-state index contributed by atoms with van der Waals surface area (Å²) >= 11 is 0. The molecular weight excluding hydrogens is 180 g/mol. The SMILES string of the molecule is C=CC=C1CC=CC2=C1c1ccccc12. The fourth-order valence-electron chi connectivity index (χ4n) is 2.37. The number of hydrogen-bond acceptors (Lipinski definition) is 0. The van der Waals surface area contributed by atoms with E-state index in [-0.39, 0.29) is 0 Å². The first-order valence-electron chi connectivity index (χ1n) is 5.24. The Morgan fingerprint density at radius 1 is 1.13 bits per heavy atom. The smallest absolute Gasteiger partial charge is 0.00638 e. The fraction of sp³-hybridized carbons (Fsp3) is 0.0667. The molecule has 0 fully saturated rings. The van der Waals surface area contributed by atoms with E-state index < -0.39 is 0 Å². The largest absolute Gasteiger partial charge is 0.0991 e. The summed E-state index contributed by atoms with van der Waals surface area (Å²) in [5, 5.41) is 0. The highest BCUT2D eigenvalue weighted by Crippen LogP contribution is 2.48. The Labute approximate surface area is 89.9 Å². The minimum atomic E-state index is 1.03. The van der Waals surface area contributed by atoms with Crippen molar-refractivity contribution in [1.82, 2.24) is 0 Å². The molecule has 0 radical (unpaired) electrons. The molecule has 0 atom stereocenters. The van der Waals surface area contributed by atoms with Crippen molar-refractivity contribution in [3.8, 4) is 0 Å². The standard InChI is InChI=1S/C15H12/c1-2-6-11-7-5-10-14-12-8-3-4-9-13(12)15(11)14/h2-6,8-10H,1,7H2. The van der Waals surface area contributed by atoms with E-state index in [1.807, 2.05) is 6.08 Å². The summed E-state index contributed by atoms with van der Waals surface area (Å²) in [4.78, 5) is 0. The molecule has 1 aromatic carbocycles. The molecule has 2 aliphatic carbocycles. The van der Waals surface area contributed by atoms with Gasteiger partial charge in [0.1, 0.15) is 0 Å². The van der Waals surface area contributed by atoms with Crippen LogP contribution in [0.4, 0.5) is 0 Å². The van der Waals surface area contributed by atoms with Gasteiger partial charge in [0.25, 0.3) is 0 Å². The Kier molecular flexibility index (Phi) is 1.75. The molecule has 2 aliphatic rings. The normalized spacial score (nSPS) is 19.6. The van der Waals surface area contributed by atoms with Gasteiger partial charge in [-0.1, -0.05) is 55.1 Å². The Morgan fingerprint density at radius 3 is 2.73 bits per heavy atom. The van der Waals surface area contributed by atoms with Gasteiger partial charge in [-0.2, -0.15) is 0 Å². The minimum absolute atomic E-state index is 1.03. The van der Waals surface area contributed by atoms with Crippen LogP contribution >= 0.6 is 0 Å². The van der Waals surface area contributed by atoms with Crippen molar-refractivity contribution in [3.63, 3.8) is 0 Å². The van der Waals surface area contributed by atoms with Crippen LogP contribution < -0.4 is 0 Å². The van der Waals surface area contributed by atoms with E-state index in [9.17, 15) is 0 Å². The van der Waals surface area contributed by atoms with E-state index in [1.165, 1.54) is 27.8 Å².